The standard InChI is InChI=1S/C13H23NO2/c1-11-5-3-2-4-7-14(11)9-12-10-16-8-6-13(12)15/h11-12H,2-10H2,1H3. The van der Waals surface area contributed by atoms with Crippen molar-refractivity contribution in [3.8, 4) is 0 Å². The summed E-state index contributed by atoms with van der Waals surface area (Å²) in [5.74, 6) is 0.539. The maximum absolute atomic E-state index is 11.8. The molecule has 2 fully saturated rings. The minimum atomic E-state index is 0.134. The molecule has 2 unspecified atom stereocenters. The summed E-state index contributed by atoms with van der Waals surface area (Å²) in [4.78, 5) is 14.2. The van der Waals surface area contributed by atoms with Crippen LogP contribution in [0.4, 0.5) is 0 Å². The molecule has 0 aliphatic carbocycles. The summed E-state index contributed by atoms with van der Waals surface area (Å²) in [6.45, 7) is 5.64. The van der Waals surface area contributed by atoms with Crippen molar-refractivity contribution >= 4 is 5.78 Å². The van der Waals surface area contributed by atoms with Crippen LogP contribution in [-0.2, 0) is 9.53 Å². The molecule has 2 rings (SSSR count). The predicted molar refractivity (Wildman–Crippen MR) is 63.4 cm³/mol. The van der Waals surface area contributed by atoms with Crippen molar-refractivity contribution in [2.24, 2.45) is 5.92 Å². The number of hydrogen-bond acceptors (Lipinski definition) is 3. The molecule has 92 valence electrons. The molecule has 2 aliphatic rings. The smallest absolute Gasteiger partial charge is 0.141 e. The number of hydrogen-bond donors (Lipinski definition) is 0. The second kappa shape index (κ2) is 5.78. The molecule has 0 saturated carbocycles. The number of likely N-dealkylation sites (tertiary alicyclic amines) is 1. The number of carbonyl (C=O) groups is 1. The van der Waals surface area contributed by atoms with Crippen LogP contribution in [0.15, 0.2) is 0 Å². The number of ether oxygens (including phenoxy) is 1. The number of Topliss-reactive ketones (excluding diaryl/α,β-unsaturated/α-hetero) is 1. The summed E-state index contributed by atoms with van der Waals surface area (Å²) in [5, 5.41) is 0. The highest BCUT2D eigenvalue weighted by atomic mass is 16.5. The van der Waals surface area contributed by atoms with Crippen LogP contribution in [0.3, 0.4) is 0 Å². The monoisotopic (exact) mass is 225 g/mol. The fraction of sp³-hybridized carbons (Fsp3) is 0.923. The van der Waals surface area contributed by atoms with Gasteiger partial charge in [-0.1, -0.05) is 12.8 Å². The van der Waals surface area contributed by atoms with E-state index in [1.165, 1.54) is 25.7 Å². The summed E-state index contributed by atoms with van der Waals surface area (Å²) in [5.41, 5.74) is 0. The lowest BCUT2D eigenvalue weighted by molar-refractivity contribution is -0.131. The van der Waals surface area contributed by atoms with Crippen LogP contribution in [0.25, 0.3) is 0 Å². The minimum absolute atomic E-state index is 0.134. The maximum Gasteiger partial charge on any atom is 0.141 e. The average molecular weight is 225 g/mol. The third-order valence-electron chi connectivity index (χ3n) is 3.91. The summed E-state index contributed by atoms with van der Waals surface area (Å²) in [7, 11) is 0. The quantitative estimate of drug-likeness (QED) is 0.718. The van der Waals surface area contributed by atoms with E-state index in [0.29, 0.717) is 31.5 Å². The maximum atomic E-state index is 11.8. The van der Waals surface area contributed by atoms with Gasteiger partial charge in [0, 0.05) is 19.0 Å². The first-order valence-corrected chi connectivity index (χ1v) is 6.62. The zero-order valence-electron chi connectivity index (χ0n) is 10.3. The lowest BCUT2D eigenvalue weighted by Gasteiger charge is -2.31. The Morgan fingerprint density at radius 2 is 2.25 bits per heavy atom. The van der Waals surface area contributed by atoms with Crippen LogP contribution < -0.4 is 0 Å². The summed E-state index contributed by atoms with van der Waals surface area (Å²) in [6.07, 6.45) is 5.86. The van der Waals surface area contributed by atoms with Crippen molar-refractivity contribution in [3.63, 3.8) is 0 Å². The van der Waals surface area contributed by atoms with Gasteiger partial charge in [0.2, 0.25) is 0 Å². The molecule has 2 saturated heterocycles. The van der Waals surface area contributed by atoms with Gasteiger partial charge in [0.05, 0.1) is 19.1 Å². The Morgan fingerprint density at radius 3 is 3.06 bits per heavy atom. The lowest BCUT2D eigenvalue weighted by atomic mass is 9.99. The Bertz CT molecular complexity index is 242. The number of ketones is 1. The van der Waals surface area contributed by atoms with Gasteiger partial charge in [0.25, 0.3) is 0 Å². The third-order valence-corrected chi connectivity index (χ3v) is 3.91. The second-order valence-electron chi connectivity index (χ2n) is 5.18. The van der Waals surface area contributed by atoms with Gasteiger partial charge in [0.15, 0.2) is 0 Å². The Labute approximate surface area is 98.1 Å². The van der Waals surface area contributed by atoms with E-state index in [1.54, 1.807) is 0 Å². The van der Waals surface area contributed by atoms with Gasteiger partial charge in [-0.15, -0.1) is 0 Å². The molecule has 0 aromatic heterocycles. The van der Waals surface area contributed by atoms with Crippen molar-refractivity contribution in [1.82, 2.24) is 4.90 Å². The highest BCUT2D eigenvalue weighted by Gasteiger charge is 2.27. The van der Waals surface area contributed by atoms with E-state index < -0.39 is 0 Å². The highest BCUT2D eigenvalue weighted by molar-refractivity contribution is 5.82. The van der Waals surface area contributed by atoms with Crippen LogP contribution >= 0.6 is 0 Å². The van der Waals surface area contributed by atoms with E-state index >= 15 is 0 Å². The van der Waals surface area contributed by atoms with Crippen molar-refractivity contribution < 1.29 is 9.53 Å². The molecular weight excluding hydrogens is 202 g/mol. The van der Waals surface area contributed by atoms with E-state index in [4.69, 9.17) is 4.74 Å². The minimum Gasteiger partial charge on any atom is -0.380 e. The van der Waals surface area contributed by atoms with Gasteiger partial charge in [-0.25, -0.2) is 0 Å². The molecule has 2 heterocycles. The van der Waals surface area contributed by atoms with E-state index in [0.717, 1.165) is 13.1 Å². The molecule has 2 atom stereocenters. The molecule has 0 spiro atoms. The molecule has 3 heteroatoms. The zero-order chi connectivity index (χ0) is 11.4. The van der Waals surface area contributed by atoms with E-state index in [2.05, 4.69) is 11.8 Å². The third kappa shape index (κ3) is 3.05. The Morgan fingerprint density at radius 1 is 1.38 bits per heavy atom. The number of carbonyl (C=O) groups excluding carboxylic acids is 1. The molecule has 0 N–H and O–H groups in total. The van der Waals surface area contributed by atoms with Gasteiger partial charge in [0.1, 0.15) is 5.78 Å². The van der Waals surface area contributed by atoms with Gasteiger partial charge in [-0.2, -0.15) is 0 Å². The molecule has 0 amide bonds. The molecule has 2 aliphatic heterocycles. The van der Waals surface area contributed by atoms with E-state index in [1.807, 2.05) is 0 Å². The van der Waals surface area contributed by atoms with Crippen LogP contribution in [0.2, 0.25) is 0 Å². The predicted octanol–water partition coefficient (Wildman–Crippen LogP) is 1.86. The topological polar surface area (TPSA) is 29.5 Å². The summed E-state index contributed by atoms with van der Waals surface area (Å²) in [6, 6.07) is 0.636. The van der Waals surface area contributed by atoms with Crippen molar-refractivity contribution in [3.05, 3.63) is 0 Å². The molecular formula is C13H23NO2. The second-order valence-corrected chi connectivity index (χ2v) is 5.18. The molecule has 0 aromatic rings. The zero-order valence-corrected chi connectivity index (χ0v) is 10.3. The first-order chi connectivity index (χ1) is 7.77. The molecule has 3 nitrogen and oxygen atoms in total. The number of rotatable bonds is 2. The molecule has 0 bridgehead atoms. The molecule has 0 radical (unpaired) electrons. The number of nitrogens with zero attached hydrogens (tertiary/aromatic N) is 1. The van der Waals surface area contributed by atoms with Crippen LogP contribution in [-0.4, -0.2) is 43.0 Å². The van der Waals surface area contributed by atoms with Crippen molar-refractivity contribution in [2.75, 3.05) is 26.3 Å². The largest absolute Gasteiger partial charge is 0.380 e. The van der Waals surface area contributed by atoms with Crippen LogP contribution in [0.5, 0.6) is 0 Å². The normalized spacial score (nSPS) is 33.7. The Kier molecular flexibility index (Phi) is 4.36. The fourth-order valence-electron chi connectivity index (χ4n) is 2.74. The van der Waals surface area contributed by atoms with Crippen molar-refractivity contribution in [1.29, 1.82) is 0 Å². The molecule has 0 aromatic carbocycles. The first kappa shape index (κ1) is 12.1. The summed E-state index contributed by atoms with van der Waals surface area (Å²) >= 11 is 0. The lowest BCUT2D eigenvalue weighted by Crippen LogP contribution is -2.42. The summed E-state index contributed by atoms with van der Waals surface area (Å²) < 4.78 is 5.41. The van der Waals surface area contributed by atoms with Crippen LogP contribution in [0.1, 0.15) is 39.0 Å². The van der Waals surface area contributed by atoms with Gasteiger partial charge in [-0.05, 0) is 26.3 Å². The average Bonchev–Trinajstić information content (AvgIpc) is 2.48. The van der Waals surface area contributed by atoms with Crippen molar-refractivity contribution in [2.45, 2.75) is 45.1 Å². The highest BCUT2D eigenvalue weighted by Crippen LogP contribution is 2.19. The van der Waals surface area contributed by atoms with Gasteiger partial charge >= 0.3 is 0 Å². The van der Waals surface area contributed by atoms with E-state index in [9.17, 15) is 4.79 Å². The first-order valence-electron chi connectivity index (χ1n) is 6.62. The Hall–Kier alpha value is -0.410. The fourth-order valence-corrected chi connectivity index (χ4v) is 2.74. The SMILES string of the molecule is CC1CCCCCN1CC1COCCC1=O. The van der Waals surface area contributed by atoms with Gasteiger partial charge in [-0.3, -0.25) is 9.69 Å². The van der Waals surface area contributed by atoms with Gasteiger partial charge < -0.3 is 4.74 Å². The van der Waals surface area contributed by atoms with E-state index in [-0.39, 0.29) is 5.92 Å². The van der Waals surface area contributed by atoms with Crippen LogP contribution in [0, 0.1) is 5.92 Å². The molecule has 16 heavy (non-hydrogen) atoms. The Balaban J connectivity index is 1.88.